The van der Waals surface area contributed by atoms with E-state index in [0.717, 1.165) is 41.9 Å². The number of carbonyl (C=O) groups is 3. The van der Waals surface area contributed by atoms with Crippen LogP contribution in [0.3, 0.4) is 0 Å². The Kier molecular flexibility index (Phi) is 17.0. The number of thioether (sulfide) groups is 1. The fourth-order valence-corrected chi connectivity index (χ4v) is 5.96. The van der Waals surface area contributed by atoms with Crippen LogP contribution in [-0.2, 0) is 39.4 Å². The summed E-state index contributed by atoms with van der Waals surface area (Å²) in [5, 5.41) is 32.9. The summed E-state index contributed by atoms with van der Waals surface area (Å²) in [5.74, 6) is -3.67. The van der Waals surface area contributed by atoms with E-state index in [4.69, 9.17) is 25.2 Å². The molecule has 0 radical (unpaired) electrons. The fourth-order valence-electron chi connectivity index (χ4n) is 5.04. The van der Waals surface area contributed by atoms with Gasteiger partial charge < -0.3 is 39.5 Å². The number of ether oxygens (including phenoxy) is 1. The Labute approximate surface area is 323 Å². The second-order valence-corrected chi connectivity index (χ2v) is 13.1. The maximum atomic E-state index is 13.9. The number of methoxy groups -OCH3 is 1. The molecule has 4 rings (SSSR count). The van der Waals surface area contributed by atoms with E-state index >= 15 is 0 Å². The number of nitrogens with zero attached hydrogens (tertiary/aromatic N) is 4. The average molecular weight is 807 g/mol. The van der Waals surface area contributed by atoms with Gasteiger partial charge in [-0.1, -0.05) is 74.1 Å². The van der Waals surface area contributed by atoms with Crippen LogP contribution in [0.25, 0.3) is 11.1 Å². The quantitative estimate of drug-likeness (QED) is 0.0662. The molecule has 1 heterocycles. The van der Waals surface area contributed by atoms with Gasteiger partial charge >= 0.3 is 23.7 Å². The van der Waals surface area contributed by atoms with Gasteiger partial charge in [0, 0.05) is 25.4 Å². The number of carboxylic acid groups (broad SMARTS) is 2. The number of halogens is 4. The van der Waals surface area contributed by atoms with Crippen LogP contribution in [0.1, 0.15) is 30.5 Å². The number of aliphatic hydroxyl groups excluding tert-OH is 2. The molecule has 302 valence electrons. The first kappa shape index (κ1) is 45.1. The molecule has 2 unspecified atom stereocenters. The van der Waals surface area contributed by atoms with Gasteiger partial charge in [-0.2, -0.15) is 18.2 Å². The topological polar surface area (TPSA) is 183 Å². The molecule has 2 atom stereocenters. The number of benzene rings is 3. The summed E-state index contributed by atoms with van der Waals surface area (Å²) in [4.78, 5) is 54.0. The summed E-state index contributed by atoms with van der Waals surface area (Å²) < 4.78 is 59.1. The first-order valence-electron chi connectivity index (χ1n) is 17.1. The van der Waals surface area contributed by atoms with Crippen LogP contribution in [0.2, 0.25) is 0 Å². The van der Waals surface area contributed by atoms with Gasteiger partial charge in [-0.3, -0.25) is 9.59 Å². The third-order valence-electron chi connectivity index (χ3n) is 8.34. The molecular formula is C38H42F4N4O9S. The fraction of sp³-hybridized carbons (Fsp3) is 0.342. The molecule has 4 aromatic rings. The van der Waals surface area contributed by atoms with Gasteiger partial charge in [0.05, 0.1) is 18.9 Å². The molecule has 1 aromatic heterocycles. The SMILES string of the molecule is CCN(CC)CCN(Cc1ccc(-c2ccc(C(F)(F)F)cc2)cc1)C(=O)Cn1cc(OC)c(=O)nc1SCc1ccc(F)cc1.O=C(O)C(O)C(O)C(=O)O. The Morgan fingerprint density at radius 2 is 1.36 bits per heavy atom. The van der Waals surface area contributed by atoms with Crippen LogP contribution in [0.5, 0.6) is 5.75 Å². The molecule has 0 aliphatic rings. The number of likely N-dealkylation sites (N-methyl/N-ethyl adjacent to an activating group) is 1. The van der Waals surface area contributed by atoms with E-state index < -0.39 is 41.4 Å². The Hall–Kier alpha value is -5.30. The zero-order chi connectivity index (χ0) is 41.6. The normalized spacial score (nSPS) is 12.3. The van der Waals surface area contributed by atoms with Crippen molar-refractivity contribution in [1.29, 1.82) is 0 Å². The summed E-state index contributed by atoms with van der Waals surface area (Å²) in [6, 6.07) is 18.4. The molecule has 0 saturated carbocycles. The van der Waals surface area contributed by atoms with Crippen molar-refractivity contribution in [3.63, 3.8) is 0 Å². The lowest BCUT2D eigenvalue weighted by molar-refractivity contribution is -0.165. The maximum absolute atomic E-state index is 13.9. The van der Waals surface area contributed by atoms with E-state index in [-0.39, 0.29) is 24.0 Å². The van der Waals surface area contributed by atoms with Crippen molar-refractivity contribution in [2.75, 3.05) is 33.3 Å². The third-order valence-corrected chi connectivity index (χ3v) is 9.41. The highest BCUT2D eigenvalue weighted by Gasteiger charge is 2.30. The van der Waals surface area contributed by atoms with Crippen molar-refractivity contribution in [3.8, 4) is 16.9 Å². The van der Waals surface area contributed by atoms with Crippen molar-refractivity contribution >= 4 is 29.6 Å². The van der Waals surface area contributed by atoms with Crippen LogP contribution in [0.15, 0.2) is 88.9 Å². The second-order valence-electron chi connectivity index (χ2n) is 12.1. The standard InChI is InChI=1S/C34H36F4N4O3S.C4H6O6/c1-4-40(5-2)18-19-41(20-24-6-10-26(11-7-24)27-12-14-28(15-13-27)34(36,37)38)31(43)22-42-21-30(45-3)32(44)39-33(42)46-23-25-8-16-29(35)17-9-25;5-1(3(7)8)2(6)4(9)10/h6-17,21H,4-5,18-20,22-23H2,1-3H3;1-2,5-6H,(H,7,8)(H,9,10). The van der Waals surface area contributed by atoms with Gasteiger partial charge in [-0.05, 0) is 59.6 Å². The molecule has 0 fully saturated rings. The van der Waals surface area contributed by atoms with E-state index in [9.17, 15) is 36.7 Å². The zero-order valence-electron chi connectivity index (χ0n) is 30.6. The number of aliphatic carboxylic acids is 2. The van der Waals surface area contributed by atoms with Crippen molar-refractivity contribution in [3.05, 3.63) is 112 Å². The molecule has 56 heavy (non-hydrogen) atoms. The maximum Gasteiger partial charge on any atom is 0.416 e. The molecule has 18 heteroatoms. The number of alkyl halides is 3. The Morgan fingerprint density at radius 3 is 1.84 bits per heavy atom. The summed E-state index contributed by atoms with van der Waals surface area (Å²) >= 11 is 1.26. The van der Waals surface area contributed by atoms with Crippen LogP contribution < -0.4 is 10.3 Å². The highest BCUT2D eigenvalue weighted by atomic mass is 32.2. The van der Waals surface area contributed by atoms with Gasteiger partial charge in [-0.15, -0.1) is 0 Å². The molecular weight excluding hydrogens is 764 g/mol. The minimum Gasteiger partial charge on any atom is -0.490 e. The first-order chi connectivity index (χ1) is 26.5. The van der Waals surface area contributed by atoms with Crippen molar-refractivity contribution in [1.82, 2.24) is 19.4 Å². The Morgan fingerprint density at radius 1 is 0.839 bits per heavy atom. The van der Waals surface area contributed by atoms with Gasteiger partial charge in [0.15, 0.2) is 17.4 Å². The molecule has 0 spiro atoms. The molecule has 0 saturated heterocycles. The van der Waals surface area contributed by atoms with Crippen molar-refractivity contribution < 1.29 is 57.1 Å². The van der Waals surface area contributed by atoms with Crippen LogP contribution in [0, 0.1) is 5.82 Å². The summed E-state index contributed by atoms with van der Waals surface area (Å²) in [7, 11) is 1.36. The highest BCUT2D eigenvalue weighted by Crippen LogP contribution is 2.31. The van der Waals surface area contributed by atoms with Crippen molar-refractivity contribution in [2.45, 2.75) is 56.2 Å². The average Bonchev–Trinajstić information content (AvgIpc) is 3.17. The molecule has 0 aliphatic heterocycles. The summed E-state index contributed by atoms with van der Waals surface area (Å²) in [6.07, 6.45) is -7.46. The number of amides is 1. The number of hydrogen-bond acceptors (Lipinski definition) is 10. The zero-order valence-corrected chi connectivity index (χ0v) is 31.5. The summed E-state index contributed by atoms with van der Waals surface area (Å²) in [5.41, 5.74) is 1.83. The van der Waals surface area contributed by atoms with Gasteiger partial charge in [0.2, 0.25) is 11.7 Å². The minimum atomic E-state index is -4.40. The largest absolute Gasteiger partial charge is 0.490 e. The van der Waals surface area contributed by atoms with Gasteiger partial charge in [0.1, 0.15) is 12.4 Å². The number of carbonyl (C=O) groups excluding carboxylic acids is 1. The van der Waals surface area contributed by atoms with Gasteiger partial charge in [-0.25, -0.2) is 14.0 Å². The molecule has 0 bridgehead atoms. The lowest BCUT2D eigenvalue weighted by atomic mass is 10.0. The Balaban J connectivity index is 0.000000739. The number of aliphatic hydroxyl groups is 2. The number of aromatic nitrogens is 2. The van der Waals surface area contributed by atoms with Crippen LogP contribution >= 0.6 is 11.8 Å². The lowest BCUT2D eigenvalue weighted by Gasteiger charge is -2.27. The van der Waals surface area contributed by atoms with E-state index in [1.807, 2.05) is 24.3 Å². The molecule has 4 N–H and O–H groups in total. The molecule has 13 nitrogen and oxygen atoms in total. The third kappa shape index (κ3) is 13.5. The minimum absolute atomic E-state index is 0.00692. The molecule has 3 aromatic carbocycles. The van der Waals surface area contributed by atoms with Gasteiger partial charge in [0.25, 0.3) is 0 Å². The lowest BCUT2D eigenvalue weighted by Crippen LogP contribution is -2.40. The summed E-state index contributed by atoms with van der Waals surface area (Å²) in [6.45, 7) is 7.06. The number of carboxylic acids is 2. The van der Waals surface area contributed by atoms with E-state index in [1.54, 1.807) is 21.6 Å². The number of hydrogen-bond donors (Lipinski definition) is 4. The predicted molar refractivity (Wildman–Crippen MR) is 198 cm³/mol. The smallest absolute Gasteiger partial charge is 0.416 e. The second kappa shape index (κ2) is 21.1. The van der Waals surface area contributed by atoms with E-state index in [2.05, 4.69) is 23.7 Å². The Bertz CT molecular complexity index is 1940. The number of rotatable bonds is 17. The van der Waals surface area contributed by atoms with Crippen LogP contribution in [0.4, 0.5) is 17.6 Å². The van der Waals surface area contributed by atoms with Crippen molar-refractivity contribution in [2.24, 2.45) is 0 Å². The van der Waals surface area contributed by atoms with E-state index in [1.165, 1.54) is 49.3 Å². The highest BCUT2D eigenvalue weighted by molar-refractivity contribution is 7.98. The molecule has 1 amide bonds. The predicted octanol–water partition coefficient (Wildman–Crippen LogP) is 4.62. The monoisotopic (exact) mass is 806 g/mol. The molecule has 0 aliphatic carbocycles. The van der Waals surface area contributed by atoms with Crippen LogP contribution in [-0.4, -0.2) is 103 Å². The van der Waals surface area contributed by atoms with E-state index in [0.29, 0.717) is 36.1 Å². The first-order valence-corrected chi connectivity index (χ1v) is 18.1.